The molecule has 0 fully saturated rings. The van der Waals surface area contributed by atoms with E-state index in [0.29, 0.717) is 0 Å². The van der Waals surface area contributed by atoms with Crippen molar-refractivity contribution in [1.82, 2.24) is 15.0 Å². The Bertz CT molecular complexity index is 338. The Morgan fingerprint density at radius 1 is 1.75 bits per heavy atom. The molecular formula is C6H9N3O3. The van der Waals surface area contributed by atoms with Gasteiger partial charge in [0.2, 0.25) is 5.69 Å². The molecule has 0 aliphatic carbocycles. The summed E-state index contributed by atoms with van der Waals surface area (Å²) in [5, 5.41) is 5.81. The van der Waals surface area contributed by atoms with E-state index in [9.17, 15) is 9.59 Å². The maximum Gasteiger partial charge on any atom is 0.364 e. The number of nitrogens with zero attached hydrogens (tertiary/aromatic N) is 2. The third kappa shape index (κ3) is 1.36. The van der Waals surface area contributed by atoms with Crippen molar-refractivity contribution in [3.8, 4) is 0 Å². The molecular weight excluding hydrogens is 162 g/mol. The van der Waals surface area contributed by atoms with Crippen molar-refractivity contribution in [2.24, 2.45) is 7.05 Å². The molecule has 6 heteroatoms. The Balaban J connectivity index is 2.96. The summed E-state index contributed by atoms with van der Waals surface area (Å²) >= 11 is 0. The highest BCUT2D eigenvalue weighted by Crippen LogP contribution is 1.87. The standard InChI is InChI=1S/C6H9N3O3/c1-3-12-6(11)4-5(10)9(2)8-7-4/h8H,3H2,1-2H3. The zero-order valence-corrected chi connectivity index (χ0v) is 6.83. The summed E-state index contributed by atoms with van der Waals surface area (Å²) in [6, 6.07) is 0. The van der Waals surface area contributed by atoms with Crippen LogP contribution in [-0.4, -0.2) is 27.6 Å². The average Bonchev–Trinajstić information content (AvgIpc) is 2.34. The Morgan fingerprint density at radius 3 is 2.83 bits per heavy atom. The van der Waals surface area contributed by atoms with E-state index in [1.54, 1.807) is 6.92 Å². The van der Waals surface area contributed by atoms with Crippen molar-refractivity contribution in [3.05, 3.63) is 16.0 Å². The van der Waals surface area contributed by atoms with Gasteiger partial charge in [-0.15, -0.1) is 5.10 Å². The van der Waals surface area contributed by atoms with Gasteiger partial charge in [0, 0.05) is 7.05 Å². The van der Waals surface area contributed by atoms with Crippen LogP contribution in [-0.2, 0) is 11.8 Å². The van der Waals surface area contributed by atoms with Crippen molar-refractivity contribution in [3.63, 3.8) is 0 Å². The minimum atomic E-state index is -0.695. The summed E-state index contributed by atoms with van der Waals surface area (Å²) in [6.07, 6.45) is 0. The fourth-order valence-corrected chi connectivity index (χ4v) is 0.709. The Morgan fingerprint density at radius 2 is 2.42 bits per heavy atom. The molecule has 0 aliphatic rings. The molecule has 66 valence electrons. The minimum absolute atomic E-state index is 0.209. The lowest BCUT2D eigenvalue weighted by Gasteiger charge is -1.93. The summed E-state index contributed by atoms with van der Waals surface area (Å²) < 4.78 is 5.69. The fraction of sp³-hybridized carbons (Fsp3) is 0.500. The molecule has 0 aromatic carbocycles. The molecule has 0 bridgehead atoms. The minimum Gasteiger partial charge on any atom is -0.461 e. The molecule has 0 saturated carbocycles. The second-order valence-corrected chi connectivity index (χ2v) is 2.15. The van der Waals surface area contributed by atoms with Gasteiger partial charge in [-0.3, -0.25) is 4.79 Å². The largest absolute Gasteiger partial charge is 0.461 e. The summed E-state index contributed by atoms with van der Waals surface area (Å²) in [6.45, 7) is 1.89. The monoisotopic (exact) mass is 171 g/mol. The number of aromatic amines is 1. The summed E-state index contributed by atoms with van der Waals surface area (Å²) in [5.74, 6) is -0.695. The molecule has 0 aliphatic heterocycles. The number of nitrogens with one attached hydrogen (secondary N) is 1. The van der Waals surface area contributed by atoms with Crippen molar-refractivity contribution < 1.29 is 9.53 Å². The van der Waals surface area contributed by atoms with Gasteiger partial charge in [-0.05, 0) is 6.92 Å². The molecule has 1 heterocycles. The molecule has 0 spiro atoms. The quantitative estimate of drug-likeness (QED) is 0.596. The molecule has 12 heavy (non-hydrogen) atoms. The number of hydrogen-bond acceptors (Lipinski definition) is 4. The van der Waals surface area contributed by atoms with E-state index >= 15 is 0 Å². The van der Waals surface area contributed by atoms with E-state index < -0.39 is 11.5 Å². The van der Waals surface area contributed by atoms with Gasteiger partial charge in [0.25, 0.3) is 0 Å². The molecule has 6 nitrogen and oxygen atoms in total. The zero-order valence-electron chi connectivity index (χ0n) is 6.83. The van der Waals surface area contributed by atoms with Gasteiger partial charge in [0.15, 0.2) is 0 Å². The van der Waals surface area contributed by atoms with Crippen LogP contribution in [0.25, 0.3) is 0 Å². The van der Waals surface area contributed by atoms with Gasteiger partial charge >= 0.3 is 11.5 Å². The number of carbonyl (C=O) groups is 1. The number of aromatic nitrogens is 3. The van der Waals surface area contributed by atoms with Crippen LogP contribution < -0.4 is 5.56 Å². The number of hydrogen-bond donors (Lipinski definition) is 1. The number of carbonyl (C=O) groups excluding carboxylic acids is 1. The molecule has 0 atom stereocenters. The first-order valence-electron chi connectivity index (χ1n) is 3.45. The fourth-order valence-electron chi connectivity index (χ4n) is 0.709. The molecule has 1 rings (SSSR count). The third-order valence-corrected chi connectivity index (χ3v) is 1.29. The number of esters is 1. The molecule has 1 aromatic heterocycles. The van der Waals surface area contributed by atoms with Gasteiger partial charge in [0.1, 0.15) is 0 Å². The van der Waals surface area contributed by atoms with E-state index in [2.05, 4.69) is 15.0 Å². The van der Waals surface area contributed by atoms with Crippen LogP contribution >= 0.6 is 0 Å². The maximum absolute atomic E-state index is 11.1. The van der Waals surface area contributed by atoms with Crippen LogP contribution in [0.15, 0.2) is 4.79 Å². The van der Waals surface area contributed by atoms with Crippen LogP contribution in [0.3, 0.4) is 0 Å². The van der Waals surface area contributed by atoms with Gasteiger partial charge in [-0.1, -0.05) is 0 Å². The summed E-state index contributed by atoms with van der Waals surface area (Å²) in [7, 11) is 1.47. The van der Waals surface area contributed by atoms with E-state index in [-0.39, 0.29) is 12.3 Å². The molecule has 0 amide bonds. The number of ether oxygens (including phenoxy) is 1. The lowest BCUT2D eigenvalue weighted by Crippen LogP contribution is -2.20. The topological polar surface area (TPSA) is 77.0 Å². The molecule has 0 unspecified atom stereocenters. The first-order valence-corrected chi connectivity index (χ1v) is 3.45. The molecule has 1 N–H and O–H groups in total. The predicted octanol–water partition coefficient (Wildman–Crippen LogP) is -0.715. The normalized spacial score (nSPS) is 9.83. The van der Waals surface area contributed by atoms with Crippen LogP contribution in [0, 0.1) is 0 Å². The van der Waals surface area contributed by atoms with Crippen molar-refractivity contribution >= 4 is 5.97 Å². The molecule has 1 aromatic rings. The second kappa shape index (κ2) is 3.21. The van der Waals surface area contributed by atoms with Crippen LogP contribution in [0.1, 0.15) is 17.4 Å². The molecule has 0 radical (unpaired) electrons. The van der Waals surface area contributed by atoms with Crippen LogP contribution in [0.5, 0.6) is 0 Å². The lowest BCUT2D eigenvalue weighted by atomic mass is 10.5. The number of H-pyrrole nitrogens is 1. The third-order valence-electron chi connectivity index (χ3n) is 1.29. The average molecular weight is 171 g/mol. The maximum atomic E-state index is 11.1. The van der Waals surface area contributed by atoms with E-state index in [1.807, 2.05) is 0 Å². The van der Waals surface area contributed by atoms with Crippen LogP contribution in [0.2, 0.25) is 0 Å². The first kappa shape index (κ1) is 8.51. The van der Waals surface area contributed by atoms with E-state index in [0.717, 1.165) is 4.68 Å². The SMILES string of the molecule is CCOC(=O)c1n[nH]n(C)c1=O. The van der Waals surface area contributed by atoms with Gasteiger partial charge < -0.3 is 4.74 Å². The Hall–Kier alpha value is -1.59. The number of rotatable bonds is 2. The van der Waals surface area contributed by atoms with Crippen molar-refractivity contribution in [2.75, 3.05) is 6.61 Å². The highest BCUT2D eigenvalue weighted by molar-refractivity contribution is 5.86. The summed E-state index contributed by atoms with van der Waals surface area (Å²) in [4.78, 5) is 22.0. The highest BCUT2D eigenvalue weighted by atomic mass is 16.5. The van der Waals surface area contributed by atoms with E-state index in [4.69, 9.17) is 0 Å². The van der Waals surface area contributed by atoms with Crippen molar-refractivity contribution in [2.45, 2.75) is 6.92 Å². The number of aryl methyl sites for hydroxylation is 1. The zero-order chi connectivity index (χ0) is 9.14. The van der Waals surface area contributed by atoms with Crippen LogP contribution in [0.4, 0.5) is 0 Å². The Kier molecular flexibility index (Phi) is 2.27. The smallest absolute Gasteiger partial charge is 0.364 e. The van der Waals surface area contributed by atoms with Gasteiger partial charge in [-0.2, -0.15) is 0 Å². The predicted molar refractivity (Wildman–Crippen MR) is 39.8 cm³/mol. The highest BCUT2D eigenvalue weighted by Gasteiger charge is 2.15. The first-order chi connectivity index (χ1) is 5.66. The second-order valence-electron chi connectivity index (χ2n) is 2.15. The van der Waals surface area contributed by atoms with E-state index in [1.165, 1.54) is 7.05 Å². The molecule has 0 saturated heterocycles. The summed E-state index contributed by atoms with van der Waals surface area (Å²) in [5.41, 5.74) is -0.687. The van der Waals surface area contributed by atoms with Crippen molar-refractivity contribution in [1.29, 1.82) is 0 Å². The Labute approximate surface area is 68.1 Å². The van der Waals surface area contributed by atoms with Gasteiger partial charge in [-0.25, -0.2) is 14.7 Å². The lowest BCUT2D eigenvalue weighted by molar-refractivity contribution is 0.0518. The van der Waals surface area contributed by atoms with Gasteiger partial charge in [0.05, 0.1) is 6.61 Å².